The van der Waals surface area contributed by atoms with Gasteiger partial charge in [-0.1, -0.05) is 47.8 Å². The van der Waals surface area contributed by atoms with Gasteiger partial charge in [0.15, 0.2) is 0 Å². The molecular formula is C9H7Br3O3. The number of ether oxygens (including phenoxy) is 1. The van der Waals surface area contributed by atoms with Crippen molar-refractivity contribution in [3.05, 3.63) is 31.1 Å². The van der Waals surface area contributed by atoms with E-state index in [9.17, 15) is 4.79 Å². The zero-order chi connectivity index (χ0) is 11.4. The fourth-order valence-corrected chi connectivity index (χ4v) is 3.44. The number of hydrogen-bond acceptors (Lipinski definition) is 2. The molecule has 6 heteroatoms. The molecule has 3 nitrogen and oxygen atoms in total. The standard InChI is InChI=1S/C9H7Br3O3/c10-5-1-7(11)6(8(12)2-5)3-15-4-9(13)14/h1-2H,3-4H2,(H,13,14). The lowest BCUT2D eigenvalue weighted by Gasteiger charge is -2.08. The molecule has 0 aliphatic carbocycles. The van der Waals surface area contributed by atoms with Gasteiger partial charge in [-0.3, -0.25) is 0 Å². The highest BCUT2D eigenvalue weighted by Gasteiger charge is 2.07. The van der Waals surface area contributed by atoms with E-state index >= 15 is 0 Å². The maximum atomic E-state index is 10.3. The van der Waals surface area contributed by atoms with Crippen LogP contribution in [0.1, 0.15) is 5.56 Å². The first-order chi connectivity index (χ1) is 7.00. The summed E-state index contributed by atoms with van der Waals surface area (Å²) < 4.78 is 7.68. The minimum atomic E-state index is -0.973. The monoisotopic (exact) mass is 400 g/mol. The third kappa shape index (κ3) is 4.22. The summed E-state index contributed by atoms with van der Waals surface area (Å²) in [6.45, 7) is -0.0459. The van der Waals surface area contributed by atoms with Crippen LogP contribution in [0.3, 0.4) is 0 Å². The molecule has 0 unspecified atom stereocenters. The van der Waals surface area contributed by atoms with Crippen molar-refractivity contribution in [3.8, 4) is 0 Å². The van der Waals surface area contributed by atoms with E-state index < -0.39 is 5.97 Å². The largest absolute Gasteiger partial charge is 0.480 e. The molecule has 1 rings (SSSR count). The maximum absolute atomic E-state index is 10.3. The Morgan fingerprint density at radius 2 is 1.80 bits per heavy atom. The summed E-state index contributed by atoms with van der Waals surface area (Å²) in [5, 5.41) is 8.42. The van der Waals surface area contributed by atoms with E-state index in [0.717, 1.165) is 19.0 Å². The minimum absolute atomic E-state index is 0.251. The number of carbonyl (C=O) groups is 1. The van der Waals surface area contributed by atoms with Gasteiger partial charge in [0.2, 0.25) is 0 Å². The molecular weight excluding hydrogens is 396 g/mol. The maximum Gasteiger partial charge on any atom is 0.329 e. The van der Waals surface area contributed by atoms with Crippen LogP contribution >= 0.6 is 47.8 Å². The van der Waals surface area contributed by atoms with Crippen LogP contribution in [0.15, 0.2) is 25.6 Å². The van der Waals surface area contributed by atoms with Crippen LogP contribution in [0.5, 0.6) is 0 Å². The molecule has 1 aromatic rings. The summed E-state index contributed by atoms with van der Waals surface area (Å²) >= 11 is 10.1. The molecule has 0 bridgehead atoms. The Kier molecular flexibility index (Phi) is 5.25. The van der Waals surface area contributed by atoms with Crippen LogP contribution in [-0.4, -0.2) is 17.7 Å². The molecule has 0 aromatic heterocycles. The number of carboxylic acids is 1. The van der Waals surface area contributed by atoms with Crippen LogP contribution in [-0.2, 0) is 16.1 Å². The predicted octanol–water partition coefficient (Wildman–Crippen LogP) is 3.58. The van der Waals surface area contributed by atoms with Gasteiger partial charge in [-0.05, 0) is 12.1 Å². The Morgan fingerprint density at radius 1 is 1.27 bits per heavy atom. The number of carboxylic acid groups (broad SMARTS) is 1. The summed E-state index contributed by atoms with van der Waals surface area (Å²) in [4.78, 5) is 10.3. The smallest absolute Gasteiger partial charge is 0.329 e. The van der Waals surface area contributed by atoms with Crippen LogP contribution in [0.2, 0.25) is 0 Å². The summed E-state index contributed by atoms with van der Waals surface area (Å²) in [7, 11) is 0. The fraction of sp³-hybridized carbons (Fsp3) is 0.222. The van der Waals surface area contributed by atoms with Crippen LogP contribution in [0.4, 0.5) is 0 Å². The van der Waals surface area contributed by atoms with Crippen molar-refractivity contribution in [1.82, 2.24) is 0 Å². The van der Waals surface area contributed by atoms with E-state index in [1.165, 1.54) is 0 Å². The third-order valence-corrected chi connectivity index (χ3v) is 3.45. The second-order valence-electron chi connectivity index (χ2n) is 2.73. The number of benzene rings is 1. The third-order valence-electron chi connectivity index (χ3n) is 1.58. The van der Waals surface area contributed by atoms with E-state index in [-0.39, 0.29) is 13.2 Å². The lowest BCUT2D eigenvalue weighted by molar-refractivity contribution is -0.142. The average Bonchev–Trinajstić information content (AvgIpc) is 2.08. The Bertz CT molecular complexity index is 356. The lowest BCUT2D eigenvalue weighted by atomic mass is 10.2. The molecule has 15 heavy (non-hydrogen) atoms. The first-order valence-corrected chi connectivity index (χ1v) is 6.31. The fourth-order valence-electron chi connectivity index (χ4n) is 0.950. The summed E-state index contributed by atoms with van der Waals surface area (Å²) in [5.41, 5.74) is 0.888. The molecule has 0 aliphatic rings. The van der Waals surface area contributed by atoms with E-state index in [2.05, 4.69) is 47.8 Å². The molecule has 1 N–H and O–H groups in total. The highest BCUT2D eigenvalue weighted by molar-refractivity contribution is 9.11. The van der Waals surface area contributed by atoms with Crippen LogP contribution < -0.4 is 0 Å². The van der Waals surface area contributed by atoms with Crippen molar-refractivity contribution in [2.75, 3.05) is 6.61 Å². The van der Waals surface area contributed by atoms with Crippen LogP contribution in [0.25, 0.3) is 0 Å². The second kappa shape index (κ2) is 5.98. The zero-order valence-electron chi connectivity index (χ0n) is 7.47. The van der Waals surface area contributed by atoms with Gasteiger partial charge in [0, 0.05) is 19.0 Å². The summed E-state index contributed by atoms with van der Waals surface area (Å²) in [5.74, 6) is -0.973. The highest BCUT2D eigenvalue weighted by atomic mass is 79.9. The van der Waals surface area contributed by atoms with E-state index in [4.69, 9.17) is 9.84 Å². The van der Waals surface area contributed by atoms with Crippen LogP contribution in [0, 0.1) is 0 Å². The molecule has 0 saturated heterocycles. The van der Waals surface area contributed by atoms with Gasteiger partial charge in [-0.25, -0.2) is 4.79 Å². The molecule has 0 heterocycles. The summed E-state index contributed by atoms with van der Waals surface area (Å²) in [6, 6.07) is 3.76. The van der Waals surface area contributed by atoms with Gasteiger partial charge in [0.25, 0.3) is 0 Å². The highest BCUT2D eigenvalue weighted by Crippen LogP contribution is 2.30. The van der Waals surface area contributed by atoms with Crippen molar-refractivity contribution in [2.24, 2.45) is 0 Å². The lowest BCUT2D eigenvalue weighted by Crippen LogP contribution is -2.07. The van der Waals surface area contributed by atoms with Gasteiger partial charge in [0.05, 0.1) is 6.61 Å². The first kappa shape index (κ1) is 13.2. The Hall–Kier alpha value is 0.0900. The average molecular weight is 403 g/mol. The van der Waals surface area contributed by atoms with Crippen molar-refractivity contribution in [3.63, 3.8) is 0 Å². The van der Waals surface area contributed by atoms with E-state index in [1.54, 1.807) is 0 Å². The molecule has 0 amide bonds. The molecule has 82 valence electrons. The quantitative estimate of drug-likeness (QED) is 0.837. The van der Waals surface area contributed by atoms with Gasteiger partial charge in [0.1, 0.15) is 6.61 Å². The second-order valence-corrected chi connectivity index (χ2v) is 5.36. The normalized spacial score (nSPS) is 10.3. The zero-order valence-corrected chi connectivity index (χ0v) is 12.2. The van der Waals surface area contributed by atoms with Gasteiger partial charge in [-0.2, -0.15) is 0 Å². The molecule has 0 fully saturated rings. The van der Waals surface area contributed by atoms with Crippen molar-refractivity contribution < 1.29 is 14.6 Å². The molecule has 0 spiro atoms. The number of hydrogen-bond donors (Lipinski definition) is 1. The summed E-state index contributed by atoms with van der Waals surface area (Å²) in [6.07, 6.45) is 0. The van der Waals surface area contributed by atoms with Crippen molar-refractivity contribution in [2.45, 2.75) is 6.61 Å². The molecule has 0 saturated carbocycles. The Balaban J connectivity index is 2.72. The number of aliphatic carboxylic acids is 1. The van der Waals surface area contributed by atoms with Gasteiger partial charge < -0.3 is 9.84 Å². The topological polar surface area (TPSA) is 46.5 Å². The van der Waals surface area contributed by atoms with E-state index in [0.29, 0.717) is 0 Å². The molecule has 1 aromatic carbocycles. The number of rotatable bonds is 4. The number of halogens is 3. The molecule has 0 aliphatic heterocycles. The van der Waals surface area contributed by atoms with Gasteiger partial charge >= 0.3 is 5.97 Å². The molecule has 0 radical (unpaired) electrons. The van der Waals surface area contributed by atoms with Crippen molar-refractivity contribution in [1.29, 1.82) is 0 Å². The van der Waals surface area contributed by atoms with Crippen molar-refractivity contribution >= 4 is 53.8 Å². The Morgan fingerprint density at radius 3 is 2.27 bits per heavy atom. The van der Waals surface area contributed by atoms with E-state index in [1.807, 2.05) is 12.1 Å². The Labute approximate surface area is 112 Å². The molecule has 0 atom stereocenters. The first-order valence-electron chi connectivity index (χ1n) is 3.93. The minimum Gasteiger partial charge on any atom is -0.480 e. The predicted molar refractivity (Wildman–Crippen MR) is 66.8 cm³/mol. The van der Waals surface area contributed by atoms with Gasteiger partial charge in [-0.15, -0.1) is 0 Å². The SMILES string of the molecule is O=C(O)COCc1c(Br)cc(Br)cc1Br.